The number of rotatable bonds is 6. The SMILES string of the molecule is C=CC(=O)O.C=CC(=O)O.CCCCC=Cc1ccccc1. The Labute approximate surface area is 132 Å². The fraction of sp³-hybridized carbons (Fsp3) is 0.222. The molecular formula is C18H24O4. The molecule has 0 radical (unpaired) electrons. The van der Waals surface area contributed by atoms with E-state index in [2.05, 4.69) is 56.5 Å². The second-order valence-corrected chi connectivity index (χ2v) is 4.04. The Morgan fingerprint density at radius 3 is 1.86 bits per heavy atom. The van der Waals surface area contributed by atoms with Gasteiger partial charge in [-0.25, -0.2) is 9.59 Å². The average molecular weight is 304 g/mol. The van der Waals surface area contributed by atoms with Crippen molar-refractivity contribution in [2.45, 2.75) is 26.2 Å². The number of hydrogen-bond acceptors (Lipinski definition) is 2. The van der Waals surface area contributed by atoms with Gasteiger partial charge >= 0.3 is 11.9 Å². The summed E-state index contributed by atoms with van der Waals surface area (Å²) in [4.78, 5) is 18.5. The summed E-state index contributed by atoms with van der Waals surface area (Å²) < 4.78 is 0. The van der Waals surface area contributed by atoms with Gasteiger partial charge in [0, 0.05) is 12.2 Å². The van der Waals surface area contributed by atoms with Crippen LogP contribution in [-0.4, -0.2) is 22.2 Å². The fourth-order valence-corrected chi connectivity index (χ4v) is 1.11. The maximum Gasteiger partial charge on any atom is 0.327 e. The van der Waals surface area contributed by atoms with Crippen LogP contribution in [0.1, 0.15) is 31.7 Å². The lowest BCUT2D eigenvalue weighted by atomic mass is 10.2. The van der Waals surface area contributed by atoms with E-state index < -0.39 is 11.9 Å². The quantitative estimate of drug-likeness (QED) is 0.603. The van der Waals surface area contributed by atoms with E-state index in [9.17, 15) is 9.59 Å². The van der Waals surface area contributed by atoms with E-state index in [0.717, 1.165) is 12.2 Å². The van der Waals surface area contributed by atoms with Gasteiger partial charge in [-0.1, -0.05) is 75.4 Å². The first-order chi connectivity index (χ1) is 10.5. The van der Waals surface area contributed by atoms with Crippen LogP contribution in [0.15, 0.2) is 61.7 Å². The normalized spacial score (nSPS) is 8.77. The predicted octanol–water partition coefficient (Wildman–Crippen LogP) is 4.40. The van der Waals surface area contributed by atoms with Crippen molar-refractivity contribution in [2.75, 3.05) is 0 Å². The molecule has 0 amide bonds. The van der Waals surface area contributed by atoms with Gasteiger partial charge < -0.3 is 10.2 Å². The number of benzene rings is 1. The van der Waals surface area contributed by atoms with Gasteiger partial charge in [0.05, 0.1) is 0 Å². The Hall–Kier alpha value is -2.62. The maximum atomic E-state index is 9.25. The van der Waals surface area contributed by atoms with Crippen molar-refractivity contribution in [1.82, 2.24) is 0 Å². The topological polar surface area (TPSA) is 74.6 Å². The molecule has 0 fully saturated rings. The van der Waals surface area contributed by atoms with Crippen LogP contribution < -0.4 is 0 Å². The summed E-state index contributed by atoms with van der Waals surface area (Å²) in [6, 6.07) is 10.4. The average Bonchev–Trinajstić information content (AvgIpc) is 2.53. The summed E-state index contributed by atoms with van der Waals surface area (Å²) in [5, 5.41) is 15.2. The summed E-state index contributed by atoms with van der Waals surface area (Å²) in [5.41, 5.74) is 1.30. The van der Waals surface area contributed by atoms with Gasteiger partial charge in [0.25, 0.3) is 0 Å². The molecule has 0 saturated heterocycles. The molecule has 0 spiro atoms. The van der Waals surface area contributed by atoms with Crippen LogP contribution in [0.2, 0.25) is 0 Å². The molecule has 0 atom stereocenters. The van der Waals surface area contributed by atoms with E-state index in [0.29, 0.717) is 0 Å². The zero-order valence-corrected chi connectivity index (χ0v) is 12.9. The third kappa shape index (κ3) is 19.7. The molecule has 0 saturated carbocycles. The van der Waals surface area contributed by atoms with Crippen molar-refractivity contribution < 1.29 is 19.8 Å². The first-order valence-electron chi connectivity index (χ1n) is 6.90. The highest BCUT2D eigenvalue weighted by molar-refractivity contribution is 5.79. The predicted molar refractivity (Wildman–Crippen MR) is 90.7 cm³/mol. The van der Waals surface area contributed by atoms with Crippen LogP contribution in [0.3, 0.4) is 0 Å². The van der Waals surface area contributed by atoms with Crippen LogP contribution in [0.25, 0.3) is 6.08 Å². The van der Waals surface area contributed by atoms with E-state index in [4.69, 9.17) is 10.2 Å². The summed E-state index contributed by atoms with van der Waals surface area (Å²) in [7, 11) is 0. The largest absolute Gasteiger partial charge is 0.478 e. The van der Waals surface area contributed by atoms with Crippen molar-refractivity contribution in [3.63, 3.8) is 0 Å². The Morgan fingerprint density at radius 2 is 1.50 bits per heavy atom. The van der Waals surface area contributed by atoms with Crippen LogP contribution in [0.4, 0.5) is 0 Å². The first kappa shape index (κ1) is 21.7. The third-order valence-electron chi connectivity index (χ3n) is 2.18. The monoisotopic (exact) mass is 304 g/mol. The van der Waals surface area contributed by atoms with Gasteiger partial charge in [0.1, 0.15) is 0 Å². The second kappa shape index (κ2) is 16.4. The van der Waals surface area contributed by atoms with Gasteiger partial charge in [-0.05, 0) is 12.0 Å². The number of aliphatic carboxylic acids is 2. The molecular weight excluding hydrogens is 280 g/mol. The van der Waals surface area contributed by atoms with Gasteiger partial charge in [-0.3, -0.25) is 0 Å². The zero-order chi connectivity index (χ0) is 17.2. The van der Waals surface area contributed by atoms with Gasteiger partial charge in [0.15, 0.2) is 0 Å². The molecule has 1 rings (SSSR count). The number of unbranched alkanes of at least 4 members (excludes halogenated alkanes) is 2. The Bertz CT molecular complexity index is 443. The lowest BCUT2D eigenvalue weighted by Crippen LogP contribution is -1.82. The second-order valence-electron chi connectivity index (χ2n) is 4.04. The highest BCUT2D eigenvalue weighted by Gasteiger charge is 1.82. The molecule has 1 aromatic rings. The standard InChI is InChI=1S/C12H16.2C3H4O2/c1-2-3-4-6-9-12-10-7-5-8-11-12;2*1-2-3(4)5/h5-11H,2-4H2,1H3;2*2H,1H2,(H,4,5). The van der Waals surface area contributed by atoms with Crippen molar-refractivity contribution >= 4 is 18.0 Å². The van der Waals surface area contributed by atoms with E-state index in [1.54, 1.807) is 0 Å². The minimum Gasteiger partial charge on any atom is -0.478 e. The first-order valence-corrected chi connectivity index (χ1v) is 6.90. The van der Waals surface area contributed by atoms with Crippen LogP contribution in [0.5, 0.6) is 0 Å². The fourth-order valence-electron chi connectivity index (χ4n) is 1.11. The lowest BCUT2D eigenvalue weighted by Gasteiger charge is -1.91. The third-order valence-corrected chi connectivity index (χ3v) is 2.18. The molecule has 4 nitrogen and oxygen atoms in total. The van der Waals surface area contributed by atoms with Crippen molar-refractivity contribution in [3.8, 4) is 0 Å². The van der Waals surface area contributed by atoms with Gasteiger partial charge in [0.2, 0.25) is 0 Å². The minimum atomic E-state index is -0.981. The molecule has 2 N–H and O–H groups in total. The molecule has 0 aliphatic rings. The minimum absolute atomic E-state index is 0.833. The number of carbonyl (C=O) groups is 2. The van der Waals surface area contributed by atoms with E-state index in [-0.39, 0.29) is 0 Å². The number of carboxylic acids is 2. The van der Waals surface area contributed by atoms with Gasteiger partial charge in [-0.2, -0.15) is 0 Å². The van der Waals surface area contributed by atoms with Crippen molar-refractivity contribution in [1.29, 1.82) is 0 Å². The summed E-state index contributed by atoms with van der Waals surface area (Å²) in [6.45, 7) is 8.14. The Balaban J connectivity index is 0. The molecule has 0 unspecified atom stereocenters. The molecule has 120 valence electrons. The molecule has 0 aromatic heterocycles. The zero-order valence-electron chi connectivity index (χ0n) is 12.9. The van der Waals surface area contributed by atoms with E-state index in [1.807, 2.05) is 6.07 Å². The van der Waals surface area contributed by atoms with E-state index in [1.165, 1.54) is 24.8 Å². The Morgan fingerprint density at radius 1 is 1.05 bits per heavy atom. The highest BCUT2D eigenvalue weighted by Crippen LogP contribution is 2.03. The number of allylic oxidation sites excluding steroid dienone is 1. The summed E-state index contributed by atoms with van der Waals surface area (Å²) in [6.07, 6.45) is 9.88. The number of hydrogen-bond donors (Lipinski definition) is 2. The molecule has 0 bridgehead atoms. The number of carboxylic acid groups (broad SMARTS) is 2. The molecule has 0 heterocycles. The molecule has 4 heteroatoms. The summed E-state index contributed by atoms with van der Waals surface area (Å²) >= 11 is 0. The lowest BCUT2D eigenvalue weighted by molar-refractivity contribution is -0.132. The molecule has 1 aromatic carbocycles. The highest BCUT2D eigenvalue weighted by atomic mass is 16.4. The molecule has 0 aliphatic heterocycles. The molecule has 22 heavy (non-hydrogen) atoms. The van der Waals surface area contributed by atoms with Crippen LogP contribution in [0, 0.1) is 0 Å². The summed E-state index contributed by atoms with van der Waals surface area (Å²) in [5.74, 6) is -1.96. The van der Waals surface area contributed by atoms with Gasteiger partial charge in [-0.15, -0.1) is 0 Å². The van der Waals surface area contributed by atoms with Crippen LogP contribution >= 0.6 is 0 Å². The van der Waals surface area contributed by atoms with Crippen molar-refractivity contribution in [2.24, 2.45) is 0 Å². The maximum absolute atomic E-state index is 9.25. The smallest absolute Gasteiger partial charge is 0.327 e. The van der Waals surface area contributed by atoms with Crippen molar-refractivity contribution in [3.05, 3.63) is 67.3 Å². The van der Waals surface area contributed by atoms with Crippen LogP contribution in [-0.2, 0) is 9.59 Å². The van der Waals surface area contributed by atoms with E-state index >= 15 is 0 Å². The molecule has 0 aliphatic carbocycles. The Kier molecular flexibility index (Phi) is 16.2.